The van der Waals surface area contributed by atoms with Crippen LogP contribution in [0.4, 0.5) is 15.8 Å². The smallest absolute Gasteiger partial charge is 0.127 e. The van der Waals surface area contributed by atoms with E-state index in [0.717, 1.165) is 39.2 Å². The average Bonchev–Trinajstić information content (AvgIpc) is 3.12. The van der Waals surface area contributed by atoms with Crippen molar-refractivity contribution in [3.8, 4) is 5.69 Å². The maximum Gasteiger partial charge on any atom is 0.127 e. The van der Waals surface area contributed by atoms with Gasteiger partial charge in [0.15, 0.2) is 0 Å². The number of allylic oxidation sites excluding steroid dienone is 1. The second-order valence-electron chi connectivity index (χ2n) is 10.8. The third-order valence-corrected chi connectivity index (χ3v) is 5.62. The van der Waals surface area contributed by atoms with Crippen LogP contribution in [0.2, 0.25) is 0 Å². The molecule has 4 aromatic rings. The van der Waals surface area contributed by atoms with Crippen molar-refractivity contribution in [3.05, 3.63) is 95.9 Å². The lowest BCUT2D eigenvalue weighted by molar-refractivity contribution is 0.547. The number of benzene rings is 3. The van der Waals surface area contributed by atoms with Gasteiger partial charge in [0.2, 0.25) is 0 Å². The van der Waals surface area contributed by atoms with E-state index >= 15 is 0 Å². The van der Waals surface area contributed by atoms with Gasteiger partial charge >= 0.3 is 0 Å². The molecule has 1 aromatic heterocycles. The predicted molar refractivity (Wildman–Crippen MR) is 140 cm³/mol. The molecule has 0 radical (unpaired) electrons. The van der Waals surface area contributed by atoms with E-state index in [2.05, 4.69) is 87.8 Å². The van der Waals surface area contributed by atoms with Crippen molar-refractivity contribution < 1.29 is 4.39 Å². The summed E-state index contributed by atoms with van der Waals surface area (Å²) in [4.78, 5) is 0. The first-order valence-corrected chi connectivity index (χ1v) is 11.5. The van der Waals surface area contributed by atoms with Crippen LogP contribution in [0.1, 0.15) is 52.8 Å². The summed E-state index contributed by atoms with van der Waals surface area (Å²) in [5.41, 5.74) is 5.76. The summed E-state index contributed by atoms with van der Waals surface area (Å²) in [7, 11) is 0. The molecule has 3 heteroatoms. The quantitative estimate of drug-likeness (QED) is 0.335. The SMILES string of the molecule is CC(C)(C)/C=C/c1ccccc1Nc1cc(F)cc(-n2c(C(C)(C)C)cc3ccccc32)c1. The molecule has 0 aliphatic carbocycles. The number of rotatable bonds is 4. The lowest BCUT2D eigenvalue weighted by Crippen LogP contribution is -2.16. The molecular formula is C30H33FN2. The number of aromatic nitrogens is 1. The average molecular weight is 441 g/mol. The molecule has 0 saturated heterocycles. The van der Waals surface area contributed by atoms with Crippen molar-refractivity contribution in [2.24, 2.45) is 5.41 Å². The first-order chi connectivity index (χ1) is 15.5. The zero-order valence-corrected chi connectivity index (χ0v) is 20.4. The van der Waals surface area contributed by atoms with E-state index < -0.39 is 0 Å². The molecule has 1 heterocycles. The Balaban J connectivity index is 1.80. The van der Waals surface area contributed by atoms with Gasteiger partial charge in [-0.2, -0.15) is 0 Å². The fraction of sp³-hybridized carbons (Fsp3) is 0.267. The molecule has 0 fully saturated rings. The molecule has 33 heavy (non-hydrogen) atoms. The van der Waals surface area contributed by atoms with Gasteiger partial charge in [-0.15, -0.1) is 0 Å². The van der Waals surface area contributed by atoms with E-state index in [1.807, 2.05) is 36.4 Å². The number of nitrogens with one attached hydrogen (secondary N) is 1. The molecule has 0 aliphatic heterocycles. The fourth-order valence-electron chi connectivity index (χ4n) is 4.01. The number of hydrogen-bond acceptors (Lipinski definition) is 1. The number of para-hydroxylation sites is 2. The van der Waals surface area contributed by atoms with Gasteiger partial charge in [0, 0.05) is 27.9 Å². The minimum atomic E-state index is -0.268. The Labute approximate surface area is 196 Å². The monoisotopic (exact) mass is 440 g/mol. The Bertz CT molecular complexity index is 1310. The van der Waals surface area contributed by atoms with Crippen LogP contribution in [0.5, 0.6) is 0 Å². The lowest BCUT2D eigenvalue weighted by Gasteiger charge is -2.23. The van der Waals surface area contributed by atoms with Crippen molar-refractivity contribution in [1.82, 2.24) is 4.57 Å². The first-order valence-electron chi connectivity index (χ1n) is 11.5. The van der Waals surface area contributed by atoms with Crippen molar-refractivity contribution in [3.63, 3.8) is 0 Å². The van der Waals surface area contributed by atoms with Crippen LogP contribution in [0.15, 0.2) is 78.9 Å². The highest BCUT2D eigenvalue weighted by molar-refractivity contribution is 5.84. The van der Waals surface area contributed by atoms with E-state index in [1.165, 1.54) is 0 Å². The third kappa shape index (κ3) is 5.19. The number of fused-ring (bicyclic) bond motifs is 1. The van der Waals surface area contributed by atoms with Crippen LogP contribution in [0.3, 0.4) is 0 Å². The van der Waals surface area contributed by atoms with Gasteiger partial charge in [-0.25, -0.2) is 4.39 Å². The summed E-state index contributed by atoms with van der Waals surface area (Å²) in [5.74, 6) is -0.268. The van der Waals surface area contributed by atoms with E-state index in [-0.39, 0.29) is 16.6 Å². The van der Waals surface area contributed by atoms with Gasteiger partial charge in [-0.1, -0.05) is 90.1 Å². The number of anilines is 2. The Morgan fingerprint density at radius 1 is 0.818 bits per heavy atom. The molecule has 3 aromatic carbocycles. The Hall–Kier alpha value is -3.33. The van der Waals surface area contributed by atoms with E-state index in [1.54, 1.807) is 12.1 Å². The first kappa shape index (κ1) is 22.8. The topological polar surface area (TPSA) is 17.0 Å². The standard InChI is InChI=1S/C30H33FN2/c1-29(2,3)16-15-21-11-7-9-13-26(21)32-24-18-23(31)19-25(20-24)33-27-14-10-8-12-22(27)17-28(33)30(4,5)6/h7-20,32H,1-6H3/b16-15+. The van der Waals surface area contributed by atoms with Crippen LogP contribution >= 0.6 is 0 Å². The molecular weight excluding hydrogens is 407 g/mol. The van der Waals surface area contributed by atoms with Gasteiger partial charge in [0.25, 0.3) is 0 Å². The van der Waals surface area contributed by atoms with Gasteiger partial charge in [-0.3, -0.25) is 0 Å². The lowest BCUT2D eigenvalue weighted by atomic mass is 9.92. The summed E-state index contributed by atoms with van der Waals surface area (Å²) >= 11 is 0. The van der Waals surface area contributed by atoms with Gasteiger partial charge in [0.05, 0.1) is 11.2 Å². The highest BCUT2D eigenvalue weighted by Gasteiger charge is 2.22. The molecule has 2 nitrogen and oxygen atoms in total. The normalized spacial score (nSPS) is 12.6. The second-order valence-corrected chi connectivity index (χ2v) is 10.8. The minimum absolute atomic E-state index is 0.0813. The third-order valence-electron chi connectivity index (χ3n) is 5.62. The Kier molecular flexibility index (Phi) is 5.92. The number of hydrogen-bond donors (Lipinski definition) is 1. The minimum Gasteiger partial charge on any atom is -0.355 e. The second kappa shape index (κ2) is 8.55. The summed E-state index contributed by atoms with van der Waals surface area (Å²) in [6.45, 7) is 13.1. The van der Waals surface area contributed by atoms with Crippen molar-refractivity contribution >= 4 is 28.4 Å². The molecule has 0 aliphatic rings. The zero-order valence-electron chi connectivity index (χ0n) is 20.4. The molecule has 0 atom stereocenters. The van der Waals surface area contributed by atoms with E-state index in [4.69, 9.17) is 0 Å². The number of nitrogens with zero attached hydrogens (tertiary/aromatic N) is 1. The van der Waals surface area contributed by atoms with Crippen molar-refractivity contribution in [2.75, 3.05) is 5.32 Å². The number of halogens is 1. The van der Waals surface area contributed by atoms with Gasteiger partial charge < -0.3 is 9.88 Å². The molecule has 1 N–H and O–H groups in total. The van der Waals surface area contributed by atoms with Gasteiger partial charge in [0.1, 0.15) is 5.82 Å². The summed E-state index contributed by atoms with van der Waals surface area (Å²) < 4.78 is 17.1. The molecule has 4 rings (SSSR count). The Morgan fingerprint density at radius 3 is 2.24 bits per heavy atom. The van der Waals surface area contributed by atoms with Crippen LogP contribution in [0, 0.1) is 11.2 Å². The maximum absolute atomic E-state index is 14.9. The summed E-state index contributed by atoms with van der Waals surface area (Å²) in [6, 6.07) is 23.8. The molecule has 0 bridgehead atoms. The molecule has 0 amide bonds. The largest absolute Gasteiger partial charge is 0.355 e. The van der Waals surface area contributed by atoms with Crippen LogP contribution in [-0.4, -0.2) is 4.57 Å². The van der Waals surface area contributed by atoms with Crippen LogP contribution in [-0.2, 0) is 5.41 Å². The van der Waals surface area contributed by atoms with Crippen molar-refractivity contribution in [2.45, 2.75) is 47.0 Å². The van der Waals surface area contributed by atoms with Crippen LogP contribution < -0.4 is 5.32 Å². The Morgan fingerprint density at radius 2 is 1.52 bits per heavy atom. The van der Waals surface area contributed by atoms with Gasteiger partial charge in [-0.05, 0) is 47.4 Å². The molecule has 0 unspecified atom stereocenters. The van der Waals surface area contributed by atoms with Crippen LogP contribution in [0.25, 0.3) is 22.7 Å². The van der Waals surface area contributed by atoms with E-state index in [9.17, 15) is 4.39 Å². The molecule has 170 valence electrons. The van der Waals surface area contributed by atoms with E-state index in [0.29, 0.717) is 0 Å². The zero-order chi connectivity index (χ0) is 23.8. The predicted octanol–water partition coefficient (Wildman–Crippen LogP) is 8.87. The maximum atomic E-state index is 14.9. The summed E-state index contributed by atoms with van der Waals surface area (Å²) in [6.07, 6.45) is 4.31. The molecule has 0 saturated carbocycles. The summed E-state index contributed by atoms with van der Waals surface area (Å²) in [5, 5.41) is 4.61. The van der Waals surface area contributed by atoms with Crippen molar-refractivity contribution in [1.29, 1.82) is 0 Å². The molecule has 0 spiro atoms. The highest BCUT2D eigenvalue weighted by Crippen LogP contribution is 2.34. The fourth-order valence-corrected chi connectivity index (χ4v) is 4.01. The highest BCUT2D eigenvalue weighted by atomic mass is 19.1.